The molecule has 0 radical (unpaired) electrons. The van der Waals surface area contributed by atoms with Gasteiger partial charge in [0.2, 0.25) is 0 Å². The van der Waals surface area contributed by atoms with Gasteiger partial charge in [0.25, 0.3) is 0 Å². The average Bonchev–Trinajstić information content (AvgIpc) is 2.56. The zero-order valence-corrected chi connectivity index (χ0v) is 14.8. The van der Waals surface area contributed by atoms with Crippen LogP contribution in [0.25, 0.3) is 11.0 Å². The van der Waals surface area contributed by atoms with Crippen LogP contribution in [0.1, 0.15) is 35.2 Å². The Morgan fingerprint density at radius 3 is 2.54 bits per heavy atom. The van der Waals surface area contributed by atoms with Gasteiger partial charge in [-0.1, -0.05) is 35.9 Å². The third kappa shape index (κ3) is 3.37. The van der Waals surface area contributed by atoms with Crippen molar-refractivity contribution in [3.8, 4) is 0 Å². The zero-order valence-electron chi connectivity index (χ0n) is 14.0. The first kappa shape index (κ1) is 16.7. The Labute approximate surface area is 146 Å². The topological polar surface area (TPSA) is 42.2 Å². The van der Waals surface area contributed by atoms with E-state index in [1.807, 2.05) is 44.2 Å². The maximum absolute atomic E-state index is 11.9. The van der Waals surface area contributed by atoms with Gasteiger partial charge < -0.3 is 9.73 Å². The predicted molar refractivity (Wildman–Crippen MR) is 98.7 cm³/mol. The Kier molecular flexibility index (Phi) is 4.74. The first-order chi connectivity index (χ1) is 11.5. The molecule has 3 nitrogen and oxygen atoms in total. The maximum atomic E-state index is 11.9. The molecule has 0 aliphatic rings. The second kappa shape index (κ2) is 6.80. The molecule has 0 amide bonds. The van der Waals surface area contributed by atoms with Gasteiger partial charge in [0.05, 0.1) is 0 Å². The van der Waals surface area contributed by atoms with Crippen molar-refractivity contribution in [2.24, 2.45) is 0 Å². The number of benzene rings is 2. The highest BCUT2D eigenvalue weighted by Crippen LogP contribution is 2.24. The van der Waals surface area contributed by atoms with Gasteiger partial charge in [0.15, 0.2) is 0 Å². The number of hydrogen-bond acceptors (Lipinski definition) is 3. The van der Waals surface area contributed by atoms with E-state index in [2.05, 4.69) is 18.3 Å². The summed E-state index contributed by atoms with van der Waals surface area (Å²) in [6.07, 6.45) is 0. The summed E-state index contributed by atoms with van der Waals surface area (Å²) in [7, 11) is 0. The zero-order chi connectivity index (χ0) is 17.3. The second-order valence-corrected chi connectivity index (χ2v) is 6.57. The molecule has 124 valence electrons. The largest absolute Gasteiger partial charge is 0.422 e. The SMILES string of the molecule is Cc1ccc2c(CN[C@@H](C)c3ccc(Cl)cc3)cc(=O)oc2c1C. The summed E-state index contributed by atoms with van der Waals surface area (Å²) in [4.78, 5) is 11.9. The van der Waals surface area contributed by atoms with E-state index in [1.165, 1.54) is 0 Å². The molecule has 0 unspecified atom stereocenters. The third-order valence-electron chi connectivity index (χ3n) is 4.49. The number of halogens is 1. The minimum Gasteiger partial charge on any atom is -0.422 e. The highest BCUT2D eigenvalue weighted by atomic mass is 35.5. The van der Waals surface area contributed by atoms with Crippen LogP contribution in [-0.4, -0.2) is 0 Å². The number of hydrogen-bond donors (Lipinski definition) is 1. The highest BCUT2D eigenvalue weighted by Gasteiger charge is 2.11. The van der Waals surface area contributed by atoms with Crippen molar-refractivity contribution >= 4 is 22.6 Å². The van der Waals surface area contributed by atoms with Crippen LogP contribution in [0.3, 0.4) is 0 Å². The fourth-order valence-corrected chi connectivity index (χ4v) is 2.93. The van der Waals surface area contributed by atoms with E-state index in [0.717, 1.165) is 32.7 Å². The number of fused-ring (bicyclic) bond motifs is 1. The average molecular weight is 342 g/mol. The molecule has 4 heteroatoms. The molecule has 0 spiro atoms. The molecule has 1 aromatic heterocycles. The first-order valence-corrected chi connectivity index (χ1v) is 8.35. The number of rotatable bonds is 4. The lowest BCUT2D eigenvalue weighted by atomic mass is 10.0. The summed E-state index contributed by atoms with van der Waals surface area (Å²) >= 11 is 5.93. The summed E-state index contributed by atoms with van der Waals surface area (Å²) < 4.78 is 5.42. The fourth-order valence-electron chi connectivity index (χ4n) is 2.80. The van der Waals surface area contributed by atoms with E-state index in [-0.39, 0.29) is 11.7 Å². The van der Waals surface area contributed by atoms with Crippen molar-refractivity contribution in [1.82, 2.24) is 5.32 Å². The lowest BCUT2D eigenvalue weighted by Crippen LogP contribution is -2.19. The molecule has 1 heterocycles. The van der Waals surface area contributed by atoms with Crippen LogP contribution in [0.5, 0.6) is 0 Å². The standard InChI is InChI=1S/C20H20ClNO2/c1-12-4-9-18-16(10-19(23)24-20(18)13(12)2)11-22-14(3)15-5-7-17(21)8-6-15/h4-10,14,22H,11H2,1-3H3/t14-/m0/s1. The smallest absolute Gasteiger partial charge is 0.336 e. The van der Waals surface area contributed by atoms with Crippen LogP contribution < -0.4 is 10.9 Å². The second-order valence-electron chi connectivity index (χ2n) is 6.13. The van der Waals surface area contributed by atoms with E-state index < -0.39 is 0 Å². The van der Waals surface area contributed by atoms with Crippen LogP contribution in [0.2, 0.25) is 5.02 Å². The molecule has 0 saturated carbocycles. The van der Waals surface area contributed by atoms with Crippen molar-refractivity contribution in [2.45, 2.75) is 33.4 Å². The molecule has 3 rings (SSSR count). The maximum Gasteiger partial charge on any atom is 0.336 e. The minimum atomic E-state index is -0.313. The van der Waals surface area contributed by atoms with Crippen molar-refractivity contribution < 1.29 is 4.42 Å². The van der Waals surface area contributed by atoms with Gasteiger partial charge in [-0.05, 0) is 55.2 Å². The summed E-state index contributed by atoms with van der Waals surface area (Å²) in [5.74, 6) is 0. The quantitative estimate of drug-likeness (QED) is 0.685. The summed E-state index contributed by atoms with van der Waals surface area (Å²) in [5.41, 5.74) is 4.59. The van der Waals surface area contributed by atoms with Crippen molar-refractivity contribution in [2.75, 3.05) is 0 Å². The van der Waals surface area contributed by atoms with Gasteiger partial charge >= 0.3 is 5.63 Å². The van der Waals surface area contributed by atoms with Gasteiger partial charge in [-0.3, -0.25) is 0 Å². The normalized spacial score (nSPS) is 12.5. The summed E-state index contributed by atoms with van der Waals surface area (Å²) in [6.45, 7) is 6.68. The molecule has 1 atom stereocenters. The minimum absolute atomic E-state index is 0.149. The van der Waals surface area contributed by atoms with Crippen LogP contribution >= 0.6 is 11.6 Å². The molecule has 0 saturated heterocycles. The van der Waals surface area contributed by atoms with E-state index >= 15 is 0 Å². The Morgan fingerprint density at radius 2 is 1.83 bits per heavy atom. The molecule has 1 N–H and O–H groups in total. The highest BCUT2D eigenvalue weighted by molar-refractivity contribution is 6.30. The molecular formula is C20H20ClNO2. The molecule has 0 fully saturated rings. The first-order valence-electron chi connectivity index (χ1n) is 7.97. The summed E-state index contributed by atoms with van der Waals surface area (Å²) in [5, 5.41) is 5.17. The van der Waals surface area contributed by atoms with Crippen LogP contribution in [-0.2, 0) is 6.54 Å². The van der Waals surface area contributed by atoms with Crippen LogP contribution in [0.4, 0.5) is 0 Å². The fraction of sp³-hybridized carbons (Fsp3) is 0.250. The molecule has 0 bridgehead atoms. The molecule has 3 aromatic rings. The lowest BCUT2D eigenvalue weighted by Gasteiger charge is -2.15. The molecule has 2 aromatic carbocycles. The van der Waals surface area contributed by atoms with Crippen molar-refractivity contribution in [1.29, 1.82) is 0 Å². The van der Waals surface area contributed by atoms with E-state index in [4.69, 9.17) is 16.0 Å². The Morgan fingerprint density at radius 1 is 1.12 bits per heavy atom. The van der Waals surface area contributed by atoms with Gasteiger partial charge in [-0.25, -0.2) is 4.79 Å². The summed E-state index contributed by atoms with van der Waals surface area (Å²) in [6, 6.07) is 13.6. The monoisotopic (exact) mass is 341 g/mol. The Balaban J connectivity index is 1.89. The Bertz CT molecular complexity index is 929. The van der Waals surface area contributed by atoms with Gasteiger partial charge in [-0.15, -0.1) is 0 Å². The molecule has 0 aliphatic carbocycles. The Hall–Kier alpha value is -2.10. The molecular weight excluding hydrogens is 322 g/mol. The molecule has 0 aliphatic heterocycles. The van der Waals surface area contributed by atoms with Gasteiger partial charge in [-0.2, -0.15) is 0 Å². The van der Waals surface area contributed by atoms with Crippen LogP contribution in [0.15, 0.2) is 51.7 Å². The molecule has 24 heavy (non-hydrogen) atoms. The van der Waals surface area contributed by atoms with E-state index in [9.17, 15) is 4.79 Å². The van der Waals surface area contributed by atoms with Gasteiger partial charge in [0, 0.05) is 29.1 Å². The third-order valence-corrected chi connectivity index (χ3v) is 4.74. The van der Waals surface area contributed by atoms with E-state index in [0.29, 0.717) is 12.1 Å². The van der Waals surface area contributed by atoms with Crippen LogP contribution in [0, 0.1) is 13.8 Å². The van der Waals surface area contributed by atoms with Crippen molar-refractivity contribution in [3.05, 3.63) is 80.2 Å². The predicted octanol–water partition coefficient (Wildman–Crippen LogP) is 4.91. The van der Waals surface area contributed by atoms with Gasteiger partial charge in [0.1, 0.15) is 5.58 Å². The van der Waals surface area contributed by atoms with E-state index in [1.54, 1.807) is 6.07 Å². The lowest BCUT2D eigenvalue weighted by molar-refractivity contribution is 0.545. The number of aryl methyl sites for hydroxylation is 2. The van der Waals surface area contributed by atoms with Crippen molar-refractivity contribution in [3.63, 3.8) is 0 Å². The number of nitrogens with one attached hydrogen (secondary N) is 1.